The zero-order chi connectivity index (χ0) is 27.6. The van der Waals surface area contributed by atoms with E-state index >= 15 is 0 Å². The Morgan fingerprint density at radius 1 is 0.718 bits per heavy atom. The first-order valence-electron chi connectivity index (χ1n) is 14.9. The molecule has 3 heteroatoms. The largest absolute Gasteiger partial charge is 0.390 e. The molecule has 1 unspecified atom stereocenters. The van der Waals surface area contributed by atoms with Gasteiger partial charge in [-0.2, -0.15) is 0 Å². The fourth-order valence-electron chi connectivity index (χ4n) is 5.19. The maximum Gasteiger partial charge on any atom is 0.143 e. The summed E-state index contributed by atoms with van der Waals surface area (Å²) in [4.78, 5) is 0. The lowest BCUT2D eigenvalue weighted by Crippen LogP contribution is -2.40. The van der Waals surface area contributed by atoms with Crippen molar-refractivity contribution in [2.45, 2.75) is 88.9 Å². The van der Waals surface area contributed by atoms with Gasteiger partial charge < -0.3 is 14.6 Å². The first-order chi connectivity index (χ1) is 19.2. The van der Waals surface area contributed by atoms with E-state index in [1.54, 1.807) is 0 Å². The average Bonchev–Trinajstić information content (AvgIpc) is 2.99. The Balaban J connectivity index is 1.85. The number of aliphatic hydroxyl groups is 1. The van der Waals surface area contributed by atoms with Crippen LogP contribution in [0.5, 0.6) is 0 Å². The number of hydrogen-bond acceptors (Lipinski definition) is 3. The summed E-state index contributed by atoms with van der Waals surface area (Å²) in [5.41, 5.74) is 2.33. The summed E-state index contributed by atoms with van der Waals surface area (Å²) in [5, 5.41) is 11.3. The maximum atomic E-state index is 11.3. The van der Waals surface area contributed by atoms with E-state index in [4.69, 9.17) is 9.47 Å². The molecule has 0 spiro atoms. The van der Waals surface area contributed by atoms with E-state index in [9.17, 15) is 5.11 Å². The summed E-state index contributed by atoms with van der Waals surface area (Å²) < 4.78 is 13.3. The van der Waals surface area contributed by atoms with E-state index in [-0.39, 0.29) is 6.61 Å². The Morgan fingerprint density at radius 2 is 1.23 bits per heavy atom. The third-order valence-corrected chi connectivity index (χ3v) is 7.42. The molecule has 0 heterocycles. The molecular formula is C36H48O3. The number of aliphatic hydroxyl groups excluding tert-OH is 1. The highest BCUT2D eigenvalue weighted by atomic mass is 16.6. The van der Waals surface area contributed by atoms with Crippen LogP contribution >= 0.6 is 0 Å². The molecule has 39 heavy (non-hydrogen) atoms. The third kappa shape index (κ3) is 9.46. The third-order valence-electron chi connectivity index (χ3n) is 7.42. The van der Waals surface area contributed by atoms with Crippen molar-refractivity contribution in [3.63, 3.8) is 0 Å². The van der Waals surface area contributed by atoms with E-state index in [2.05, 4.69) is 86.3 Å². The number of hydrogen-bond donors (Lipinski definition) is 1. The number of allylic oxidation sites excluding steroid dienone is 1. The molecular weight excluding hydrogens is 480 g/mol. The van der Waals surface area contributed by atoms with Crippen molar-refractivity contribution < 1.29 is 14.6 Å². The number of unbranched alkanes of at least 4 members (excludes halogenated alkanes) is 7. The minimum absolute atomic E-state index is 0.289. The lowest BCUT2D eigenvalue weighted by atomic mass is 9.80. The van der Waals surface area contributed by atoms with Crippen LogP contribution < -0.4 is 0 Å². The minimum atomic E-state index is -0.825. The summed E-state index contributed by atoms with van der Waals surface area (Å²) >= 11 is 0. The summed E-state index contributed by atoms with van der Waals surface area (Å²) in [7, 11) is 0. The summed E-state index contributed by atoms with van der Waals surface area (Å²) in [6.45, 7) is 6.95. The van der Waals surface area contributed by atoms with Crippen LogP contribution in [0.25, 0.3) is 0 Å². The Hall–Kier alpha value is -2.72. The Labute approximate surface area is 236 Å². The number of ether oxygens (including phenoxy) is 2. The Kier molecular flexibility index (Phi) is 14.1. The SMILES string of the molecule is C=CCCCCO[C@H](COC(c1ccccc1)(c1ccccc1)c1ccccc1)C(O)CCCCCCCC. The molecule has 0 fully saturated rings. The molecule has 0 aliphatic rings. The molecule has 3 aromatic carbocycles. The zero-order valence-electron chi connectivity index (χ0n) is 23.8. The average molecular weight is 529 g/mol. The van der Waals surface area contributed by atoms with E-state index in [1.807, 2.05) is 24.3 Å². The Bertz CT molecular complexity index is 922. The van der Waals surface area contributed by atoms with Crippen LogP contribution in [-0.2, 0) is 15.1 Å². The van der Waals surface area contributed by atoms with Gasteiger partial charge in [-0.3, -0.25) is 0 Å². The van der Waals surface area contributed by atoms with Crippen LogP contribution in [0.1, 0.15) is 87.8 Å². The molecule has 2 atom stereocenters. The lowest BCUT2D eigenvalue weighted by molar-refractivity contribution is -0.110. The van der Waals surface area contributed by atoms with Gasteiger partial charge in [-0.05, 0) is 42.4 Å². The van der Waals surface area contributed by atoms with Crippen LogP contribution in [0, 0.1) is 0 Å². The molecule has 210 valence electrons. The van der Waals surface area contributed by atoms with Gasteiger partial charge >= 0.3 is 0 Å². The van der Waals surface area contributed by atoms with E-state index < -0.39 is 17.8 Å². The summed E-state index contributed by atoms with van der Waals surface area (Å²) in [6, 6.07) is 31.2. The van der Waals surface area contributed by atoms with Gasteiger partial charge in [0.15, 0.2) is 0 Å². The number of benzene rings is 3. The van der Waals surface area contributed by atoms with Crippen LogP contribution in [0.15, 0.2) is 104 Å². The lowest BCUT2D eigenvalue weighted by Gasteiger charge is -2.37. The van der Waals surface area contributed by atoms with E-state index in [0.29, 0.717) is 6.61 Å². The molecule has 0 saturated carbocycles. The minimum Gasteiger partial charge on any atom is -0.390 e. The van der Waals surface area contributed by atoms with Crippen molar-refractivity contribution in [1.29, 1.82) is 0 Å². The summed E-state index contributed by atoms with van der Waals surface area (Å²) in [5.74, 6) is 0. The van der Waals surface area contributed by atoms with Crippen molar-refractivity contribution in [2.24, 2.45) is 0 Å². The predicted octanol–water partition coefficient (Wildman–Crippen LogP) is 8.85. The molecule has 1 N–H and O–H groups in total. The van der Waals surface area contributed by atoms with Gasteiger partial charge in [-0.15, -0.1) is 6.58 Å². The Morgan fingerprint density at radius 3 is 1.74 bits per heavy atom. The molecule has 3 aromatic rings. The predicted molar refractivity (Wildman–Crippen MR) is 163 cm³/mol. The van der Waals surface area contributed by atoms with E-state index in [0.717, 1.165) is 55.2 Å². The molecule has 0 radical (unpaired) electrons. The fraction of sp³-hybridized carbons (Fsp3) is 0.444. The van der Waals surface area contributed by atoms with Crippen molar-refractivity contribution in [1.82, 2.24) is 0 Å². The normalized spacial score (nSPS) is 13.2. The first-order valence-corrected chi connectivity index (χ1v) is 14.9. The van der Waals surface area contributed by atoms with Gasteiger partial charge in [0.2, 0.25) is 0 Å². The molecule has 0 saturated heterocycles. The van der Waals surface area contributed by atoms with Crippen molar-refractivity contribution in [2.75, 3.05) is 13.2 Å². The molecule has 0 amide bonds. The fourth-order valence-corrected chi connectivity index (χ4v) is 5.19. The molecule has 0 aromatic heterocycles. The van der Waals surface area contributed by atoms with Gasteiger partial charge in [0.05, 0.1) is 12.7 Å². The molecule has 0 aliphatic carbocycles. The molecule has 3 rings (SSSR count). The van der Waals surface area contributed by atoms with Crippen LogP contribution in [0.4, 0.5) is 0 Å². The van der Waals surface area contributed by atoms with Crippen LogP contribution in [0.3, 0.4) is 0 Å². The highest BCUT2D eigenvalue weighted by Gasteiger charge is 2.38. The quantitative estimate of drug-likeness (QED) is 0.0904. The van der Waals surface area contributed by atoms with Crippen LogP contribution in [0.2, 0.25) is 0 Å². The van der Waals surface area contributed by atoms with Gasteiger partial charge in [-0.1, -0.05) is 143 Å². The van der Waals surface area contributed by atoms with Crippen molar-refractivity contribution in [3.05, 3.63) is 120 Å². The van der Waals surface area contributed by atoms with Gasteiger partial charge in [-0.25, -0.2) is 0 Å². The highest BCUT2D eigenvalue weighted by molar-refractivity contribution is 5.47. The maximum absolute atomic E-state index is 11.3. The standard InChI is InChI=1S/C36H48O3/c1-3-5-7-9-10-20-28-34(37)35(38-29-21-8-6-4-2)30-39-36(31-22-14-11-15-23-31,32-24-16-12-17-25-32)33-26-18-13-19-27-33/h4,11-19,22-27,34-35,37H,2-3,5-10,20-21,28-30H2,1H3/t34?,35-/m1/s1. The smallest absolute Gasteiger partial charge is 0.143 e. The highest BCUT2D eigenvalue weighted by Crippen LogP contribution is 2.40. The van der Waals surface area contributed by atoms with Gasteiger partial charge in [0.1, 0.15) is 11.7 Å². The zero-order valence-corrected chi connectivity index (χ0v) is 23.8. The topological polar surface area (TPSA) is 38.7 Å². The van der Waals surface area contributed by atoms with Crippen molar-refractivity contribution >= 4 is 0 Å². The summed E-state index contributed by atoms with van der Waals surface area (Å²) in [6.07, 6.45) is 11.8. The van der Waals surface area contributed by atoms with Crippen molar-refractivity contribution in [3.8, 4) is 0 Å². The second-order valence-corrected chi connectivity index (χ2v) is 10.4. The molecule has 0 aliphatic heterocycles. The van der Waals surface area contributed by atoms with E-state index in [1.165, 1.54) is 25.7 Å². The van der Waals surface area contributed by atoms with Gasteiger partial charge in [0.25, 0.3) is 0 Å². The second-order valence-electron chi connectivity index (χ2n) is 10.4. The first kappa shape index (κ1) is 30.8. The number of rotatable bonds is 20. The molecule has 3 nitrogen and oxygen atoms in total. The molecule has 0 bridgehead atoms. The monoisotopic (exact) mass is 528 g/mol. The second kappa shape index (κ2) is 17.8. The van der Waals surface area contributed by atoms with Crippen LogP contribution in [-0.4, -0.2) is 30.5 Å². The van der Waals surface area contributed by atoms with Gasteiger partial charge in [0, 0.05) is 6.61 Å².